The maximum atomic E-state index is 12.4. The van der Waals surface area contributed by atoms with E-state index in [9.17, 15) is 4.79 Å². The molecular formula is C28H25N3O4. The number of carbonyl (C=O) groups is 1. The van der Waals surface area contributed by atoms with E-state index in [0.717, 1.165) is 40.7 Å². The molecule has 7 nitrogen and oxygen atoms in total. The van der Waals surface area contributed by atoms with Crippen LogP contribution in [0.3, 0.4) is 0 Å². The number of hydrogen-bond donors (Lipinski definition) is 1. The van der Waals surface area contributed by atoms with Crippen LogP contribution in [0.25, 0.3) is 22.4 Å². The van der Waals surface area contributed by atoms with Crippen molar-refractivity contribution in [2.45, 2.75) is 25.0 Å². The van der Waals surface area contributed by atoms with Gasteiger partial charge in [-0.1, -0.05) is 78.9 Å². The highest BCUT2D eigenvalue weighted by molar-refractivity contribution is 5.90. The predicted molar refractivity (Wildman–Crippen MR) is 132 cm³/mol. The molecule has 1 heterocycles. The van der Waals surface area contributed by atoms with E-state index >= 15 is 0 Å². The lowest BCUT2D eigenvalue weighted by Gasteiger charge is -2.14. The molecule has 1 saturated carbocycles. The Morgan fingerprint density at radius 2 is 1.54 bits per heavy atom. The van der Waals surface area contributed by atoms with Gasteiger partial charge in [0.05, 0.1) is 19.0 Å². The molecule has 0 radical (unpaired) electrons. The van der Waals surface area contributed by atoms with Crippen molar-refractivity contribution in [1.29, 1.82) is 0 Å². The SMILES string of the molecule is COOC1(c2ccc(-c3ccc(-c4nnccc4NC(=O)OCc4ccccc4)cc3)cc2)CC1. The average Bonchev–Trinajstić information content (AvgIpc) is 3.70. The predicted octanol–water partition coefficient (Wildman–Crippen LogP) is 6.13. The lowest BCUT2D eigenvalue weighted by atomic mass is 9.99. The molecule has 0 unspecified atom stereocenters. The summed E-state index contributed by atoms with van der Waals surface area (Å²) in [6.45, 7) is 0.187. The maximum absolute atomic E-state index is 12.4. The van der Waals surface area contributed by atoms with Crippen LogP contribution in [0.15, 0.2) is 91.1 Å². The molecule has 35 heavy (non-hydrogen) atoms. The number of ether oxygens (including phenoxy) is 1. The molecule has 176 valence electrons. The fraction of sp³-hybridized carbons (Fsp3) is 0.179. The lowest BCUT2D eigenvalue weighted by molar-refractivity contribution is -0.320. The number of rotatable bonds is 8. The molecule has 7 heteroatoms. The van der Waals surface area contributed by atoms with Gasteiger partial charge < -0.3 is 4.74 Å². The fourth-order valence-electron chi connectivity index (χ4n) is 4.00. The molecule has 1 aliphatic carbocycles. The van der Waals surface area contributed by atoms with Gasteiger partial charge in [0.2, 0.25) is 0 Å². The van der Waals surface area contributed by atoms with Gasteiger partial charge in [0.25, 0.3) is 0 Å². The van der Waals surface area contributed by atoms with Crippen LogP contribution in [-0.4, -0.2) is 23.4 Å². The van der Waals surface area contributed by atoms with E-state index in [1.807, 2.05) is 54.6 Å². The molecule has 0 atom stereocenters. The number of anilines is 1. The Labute approximate surface area is 203 Å². The first-order chi connectivity index (χ1) is 17.2. The lowest BCUT2D eigenvalue weighted by Crippen LogP contribution is -2.14. The number of benzene rings is 3. The Bertz CT molecular complexity index is 1290. The Morgan fingerprint density at radius 1 is 0.886 bits per heavy atom. The summed E-state index contributed by atoms with van der Waals surface area (Å²) in [6.07, 6.45) is 2.91. The topological polar surface area (TPSA) is 82.6 Å². The second-order valence-corrected chi connectivity index (χ2v) is 8.38. The minimum Gasteiger partial charge on any atom is -0.444 e. The number of amides is 1. The minimum absolute atomic E-state index is 0.187. The van der Waals surface area contributed by atoms with Gasteiger partial charge in [-0.3, -0.25) is 5.32 Å². The molecule has 1 fully saturated rings. The number of hydrogen-bond acceptors (Lipinski definition) is 6. The van der Waals surface area contributed by atoms with Crippen LogP contribution in [0.2, 0.25) is 0 Å². The van der Waals surface area contributed by atoms with Crippen LogP contribution in [0, 0.1) is 0 Å². The van der Waals surface area contributed by atoms with E-state index < -0.39 is 6.09 Å². The normalized spacial score (nSPS) is 13.7. The zero-order valence-electron chi connectivity index (χ0n) is 19.3. The Morgan fingerprint density at radius 3 is 2.20 bits per heavy atom. The zero-order chi connectivity index (χ0) is 24.1. The first-order valence-electron chi connectivity index (χ1n) is 11.4. The van der Waals surface area contributed by atoms with E-state index in [-0.39, 0.29) is 12.2 Å². The van der Waals surface area contributed by atoms with Crippen molar-refractivity contribution >= 4 is 11.8 Å². The molecule has 1 aromatic heterocycles. The Hall–Kier alpha value is -4.07. The van der Waals surface area contributed by atoms with Gasteiger partial charge in [0.1, 0.15) is 17.9 Å². The second-order valence-electron chi connectivity index (χ2n) is 8.38. The van der Waals surface area contributed by atoms with Crippen LogP contribution < -0.4 is 5.32 Å². The van der Waals surface area contributed by atoms with Crippen molar-refractivity contribution in [1.82, 2.24) is 10.2 Å². The highest BCUT2D eigenvalue weighted by atomic mass is 17.2. The molecular weight excluding hydrogens is 442 g/mol. The van der Waals surface area contributed by atoms with Crippen LogP contribution in [-0.2, 0) is 26.7 Å². The van der Waals surface area contributed by atoms with E-state index in [1.165, 1.54) is 6.20 Å². The number of nitrogens with one attached hydrogen (secondary N) is 1. The first-order valence-corrected chi connectivity index (χ1v) is 11.4. The number of carbonyl (C=O) groups excluding carboxylic acids is 1. The van der Waals surface area contributed by atoms with Crippen LogP contribution in [0.4, 0.5) is 10.5 Å². The Balaban J connectivity index is 1.28. The van der Waals surface area contributed by atoms with Gasteiger partial charge in [0.15, 0.2) is 0 Å². The first kappa shape index (κ1) is 22.7. The number of nitrogens with zero attached hydrogens (tertiary/aromatic N) is 2. The summed E-state index contributed by atoms with van der Waals surface area (Å²) in [6, 6.07) is 27.5. The van der Waals surface area contributed by atoms with Gasteiger partial charge >= 0.3 is 6.09 Å². The molecule has 1 amide bonds. The maximum Gasteiger partial charge on any atom is 0.412 e. The smallest absolute Gasteiger partial charge is 0.412 e. The molecule has 1 aliphatic rings. The summed E-state index contributed by atoms with van der Waals surface area (Å²) < 4.78 is 5.34. The summed E-state index contributed by atoms with van der Waals surface area (Å²) in [7, 11) is 1.54. The largest absolute Gasteiger partial charge is 0.444 e. The summed E-state index contributed by atoms with van der Waals surface area (Å²) >= 11 is 0. The third-order valence-corrected chi connectivity index (χ3v) is 6.02. The van der Waals surface area contributed by atoms with Gasteiger partial charge in [-0.05, 0) is 41.2 Å². The van der Waals surface area contributed by atoms with E-state index in [1.54, 1.807) is 13.2 Å². The highest BCUT2D eigenvalue weighted by Crippen LogP contribution is 2.49. The Kier molecular flexibility index (Phi) is 6.52. The molecule has 0 spiro atoms. The van der Waals surface area contributed by atoms with Crippen LogP contribution in [0.5, 0.6) is 0 Å². The van der Waals surface area contributed by atoms with Crippen molar-refractivity contribution in [3.8, 4) is 22.4 Å². The highest BCUT2D eigenvalue weighted by Gasteiger charge is 2.47. The molecule has 1 N–H and O–H groups in total. The van der Waals surface area contributed by atoms with Crippen molar-refractivity contribution < 1.29 is 19.3 Å². The molecule has 4 aromatic rings. The molecule has 5 rings (SSSR count). The number of aromatic nitrogens is 2. The summed E-state index contributed by atoms with van der Waals surface area (Å²) in [5.41, 5.74) is 5.83. The van der Waals surface area contributed by atoms with Gasteiger partial charge in [-0.25, -0.2) is 14.6 Å². The standard InChI is InChI=1S/C28H25N3O4/c1-33-35-28(16-17-28)24-13-11-22(12-14-24)21-7-9-23(10-8-21)26-25(15-18-29-31-26)30-27(32)34-19-20-5-3-2-4-6-20/h2-15,18H,16-17,19H2,1H3,(H,29,30,32). The van der Waals surface area contributed by atoms with E-state index in [0.29, 0.717) is 11.4 Å². The molecule has 0 saturated heterocycles. The van der Waals surface area contributed by atoms with Crippen LogP contribution in [0.1, 0.15) is 24.0 Å². The second kappa shape index (κ2) is 10.0. The van der Waals surface area contributed by atoms with E-state index in [2.05, 4.69) is 39.8 Å². The van der Waals surface area contributed by atoms with Gasteiger partial charge in [-0.15, -0.1) is 5.10 Å². The van der Waals surface area contributed by atoms with Crippen molar-refractivity contribution in [2.24, 2.45) is 0 Å². The van der Waals surface area contributed by atoms with Crippen molar-refractivity contribution in [3.05, 3.63) is 102 Å². The average molecular weight is 468 g/mol. The van der Waals surface area contributed by atoms with E-state index in [4.69, 9.17) is 14.5 Å². The summed E-state index contributed by atoms with van der Waals surface area (Å²) in [5.74, 6) is 0. The van der Waals surface area contributed by atoms with Crippen molar-refractivity contribution in [3.63, 3.8) is 0 Å². The third kappa shape index (κ3) is 5.21. The minimum atomic E-state index is -0.550. The monoisotopic (exact) mass is 467 g/mol. The quantitative estimate of drug-likeness (QED) is 0.248. The molecule has 0 aliphatic heterocycles. The zero-order valence-corrected chi connectivity index (χ0v) is 19.3. The summed E-state index contributed by atoms with van der Waals surface area (Å²) in [5, 5.41) is 11.0. The van der Waals surface area contributed by atoms with Gasteiger partial charge in [-0.2, -0.15) is 5.10 Å². The summed E-state index contributed by atoms with van der Waals surface area (Å²) in [4.78, 5) is 22.7. The molecule has 3 aromatic carbocycles. The van der Waals surface area contributed by atoms with Crippen molar-refractivity contribution in [2.75, 3.05) is 12.4 Å². The van der Waals surface area contributed by atoms with Gasteiger partial charge in [0, 0.05) is 5.56 Å². The fourth-order valence-corrected chi connectivity index (χ4v) is 4.00. The van der Waals surface area contributed by atoms with Crippen LogP contribution >= 0.6 is 0 Å². The third-order valence-electron chi connectivity index (χ3n) is 6.02. The molecule has 0 bridgehead atoms.